The highest BCUT2D eigenvalue weighted by molar-refractivity contribution is 6.30. The van der Waals surface area contributed by atoms with Gasteiger partial charge in [0.1, 0.15) is 5.82 Å². The summed E-state index contributed by atoms with van der Waals surface area (Å²) in [5.74, 6) is 0.341. The number of benzene rings is 1. The molecule has 0 amide bonds. The molecule has 0 radical (unpaired) electrons. The van der Waals surface area contributed by atoms with Crippen molar-refractivity contribution in [3.8, 4) is 0 Å². The molecular formula is C16H23ClFNO. The van der Waals surface area contributed by atoms with Gasteiger partial charge in [-0.1, -0.05) is 24.6 Å². The summed E-state index contributed by atoms with van der Waals surface area (Å²) >= 11 is 5.81. The third-order valence-corrected chi connectivity index (χ3v) is 4.65. The van der Waals surface area contributed by atoms with Gasteiger partial charge in [0.15, 0.2) is 0 Å². The second-order valence-electron chi connectivity index (χ2n) is 5.82. The Morgan fingerprint density at radius 2 is 2.10 bits per heavy atom. The van der Waals surface area contributed by atoms with Gasteiger partial charge in [-0.15, -0.1) is 0 Å². The summed E-state index contributed by atoms with van der Waals surface area (Å²) in [6, 6.07) is 4.24. The molecule has 0 aromatic heterocycles. The number of halogens is 2. The first-order chi connectivity index (χ1) is 9.48. The second-order valence-corrected chi connectivity index (χ2v) is 6.26. The lowest BCUT2D eigenvalue weighted by Gasteiger charge is -2.43. The highest BCUT2D eigenvalue weighted by atomic mass is 35.5. The molecule has 1 saturated carbocycles. The number of ether oxygens (including phenoxy) is 1. The van der Waals surface area contributed by atoms with Crippen LogP contribution >= 0.6 is 11.6 Å². The van der Waals surface area contributed by atoms with E-state index in [2.05, 4.69) is 6.92 Å². The van der Waals surface area contributed by atoms with Crippen molar-refractivity contribution in [1.29, 1.82) is 0 Å². The van der Waals surface area contributed by atoms with Crippen LogP contribution in [0.2, 0.25) is 5.02 Å². The van der Waals surface area contributed by atoms with Gasteiger partial charge in [-0.05, 0) is 50.7 Å². The van der Waals surface area contributed by atoms with E-state index in [1.807, 2.05) is 6.92 Å². The van der Waals surface area contributed by atoms with E-state index in [-0.39, 0.29) is 5.82 Å². The number of rotatable bonds is 4. The highest BCUT2D eigenvalue weighted by Crippen LogP contribution is 2.42. The first-order valence-corrected chi connectivity index (χ1v) is 7.71. The van der Waals surface area contributed by atoms with Crippen molar-refractivity contribution in [3.63, 3.8) is 0 Å². The minimum atomic E-state index is -0.452. The van der Waals surface area contributed by atoms with Gasteiger partial charge in [0.25, 0.3) is 0 Å². The van der Waals surface area contributed by atoms with E-state index in [1.165, 1.54) is 6.07 Å². The predicted octanol–water partition coefficient (Wildman–Crippen LogP) is 4.46. The second kappa shape index (κ2) is 6.42. The third kappa shape index (κ3) is 3.16. The van der Waals surface area contributed by atoms with E-state index in [1.54, 1.807) is 12.1 Å². The van der Waals surface area contributed by atoms with Crippen molar-refractivity contribution >= 4 is 11.6 Å². The SMILES string of the molecule is CCOC1(C(N)c2ccc(Cl)cc2F)CCC(C)CC1. The summed E-state index contributed by atoms with van der Waals surface area (Å²) in [5, 5.41) is 0.390. The van der Waals surface area contributed by atoms with Crippen LogP contribution in [0, 0.1) is 11.7 Å². The lowest BCUT2D eigenvalue weighted by atomic mass is 9.73. The van der Waals surface area contributed by atoms with Crippen LogP contribution in [-0.4, -0.2) is 12.2 Å². The summed E-state index contributed by atoms with van der Waals surface area (Å²) in [6.07, 6.45) is 3.91. The quantitative estimate of drug-likeness (QED) is 0.890. The molecule has 0 spiro atoms. The number of nitrogens with two attached hydrogens (primary N) is 1. The lowest BCUT2D eigenvalue weighted by Crippen LogP contribution is -2.46. The van der Waals surface area contributed by atoms with Crippen LogP contribution in [0.3, 0.4) is 0 Å². The van der Waals surface area contributed by atoms with Gasteiger partial charge in [-0.2, -0.15) is 0 Å². The van der Waals surface area contributed by atoms with Gasteiger partial charge in [0.2, 0.25) is 0 Å². The average Bonchev–Trinajstić information content (AvgIpc) is 2.41. The molecule has 1 atom stereocenters. The molecule has 1 fully saturated rings. The van der Waals surface area contributed by atoms with Gasteiger partial charge >= 0.3 is 0 Å². The number of hydrogen-bond acceptors (Lipinski definition) is 2. The number of hydrogen-bond donors (Lipinski definition) is 1. The first-order valence-electron chi connectivity index (χ1n) is 7.33. The topological polar surface area (TPSA) is 35.2 Å². The van der Waals surface area contributed by atoms with Gasteiger partial charge in [0, 0.05) is 17.2 Å². The molecule has 1 aliphatic rings. The fourth-order valence-corrected chi connectivity index (χ4v) is 3.28. The van der Waals surface area contributed by atoms with Gasteiger partial charge in [0.05, 0.1) is 11.6 Å². The molecule has 0 saturated heterocycles. The fraction of sp³-hybridized carbons (Fsp3) is 0.625. The Morgan fingerprint density at radius 1 is 1.45 bits per heavy atom. The van der Waals surface area contributed by atoms with Crippen LogP contribution in [0.25, 0.3) is 0 Å². The molecule has 0 heterocycles. The highest BCUT2D eigenvalue weighted by Gasteiger charge is 2.41. The predicted molar refractivity (Wildman–Crippen MR) is 80.3 cm³/mol. The maximum atomic E-state index is 14.1. The maximum absolute atomic E-state index is 14.1. The molecular weight excluding hydrogens is 277 g/mol. The van der Waals surface area contributed by atoms with E-state index >= 15 is 0 Å². The average molecular weight is 300 g/mol. The molecule has 1 unspecified atom stereocenters. The van der Waals surface area contributed by atoms with Crippen LogP contribution in [-0.2, 0) is 4.74 Å². The van der Waals surface area contributed by atoms with E-state index in [0.29, 0.717) is 23.1 Å². The minimum Gasteiger partial charge on any atom is -0.373 e. The zero-order valence-electron chi connectivity index (χ0n) is 12.2. The molecule has 4 heteroatoms. The van der Waals surface area contributed by atoms with Crippen molar-refractivity contribution < 1.29 is 9.13 Å². The zero-order chi connectivity index (χ0) is 14.8. The van der Waals surface area contributed by atoms with Crippen LogP contribution in [0.4, 0.5) is 4.39 Å². The Labute approximate surface area is 125 Å². The fourth-order valence-electron chi connectivity index (χ4n) is 3.12. The normalized spacial score (nSPS) is 28.4. The van der Waals surface area contributed by atoms with E-state index in [4.69, 9.17) is 22.1 Å². The van der Waals surface area contributed by atoms with Crippen LogP contribution in [0.1, 0.15) is 51.1 Å². The van der Waals surface area contributed by atoms with Gasteiger partial charge < -0.3 is 10.5 Å². The van der Waals surface area contributed by atoms with Crippen molar-refractivity contribution in [2.24, 2.45) is 11.7 Å². The summed E-state index contributed by atoms with van der Waals surface area (Å²) in [7, 11) is 0. The summed E-state index contributed by atoms with van der Waals surface area (Å²) in [6.45, 7) is 4.80. The largest absolute Gasteiger partial charge is 0.373 e. The smallest absolute Gasteiger partial charge is 0.129 e. The molecule has 2 rings (SSSR count). The van der Waals surface area contributed by atoms with E-state index in [9.17, 15) is 4.39 Å². The third-order valence-electron chi connectivity index (χ3n) is 4.42. The van der Waals surface area contributed by atoms with E-state index in [0.717, 1.165) is 25.7 Å². The maximum Gasteiger partial charge on any atom is 0.129 e. The lowest BCUT2D eigenvalue weighted by molar-refractivity contribution is -0.0902. The Kier molecular flexibility index (Phi) is 5.05. The minimum absolute atomic E-state index is 0.345. The van der Waals surface area contributed by atoms with Crippen molar-refractivity contribution in [3.05, 3.63) is 34.6 Å². The first kappa shape index (κ1) is 15.7. The molecule has 1 aliphatic carbocycles. The molecule has 1 aromatic carbocycles. The molecule has 2 nitrogen and oxygen atoms in total. The summed E-state index contributed by atoms with van der Waals surface area (Å²) in [4.78, 5) is 0. The summed E-state index contributed by atoms with van der Waals surface area (Å²) < 4.78 is 20.1. The Hall–Kier alpha value is -0.640. The molecule has 1 aromatic rings. The summed E-state index contributed by atoms with van der Waals surface area (Å²) in [5.41, 5.74) is 6.43. The Bertz CT molecular complexity index is 458. The standard InChI is InChI=1S/C16H23ClFNO/c1-3-20-16(8-6-11(2)7-9-16)15(19)13-5-4-12(17)10-14(13)18/h4-5,10-11,15H,3,6-9,19H2,1-2H3. The Balaban J connectivity index is 2.28. The van der Waals surface area contributed by atoms with Crippen molar-refractivity contribution in [2.75, 3.05) is 6.61 Å². The van der Waals surface area contributed by atoms with Crippen LogP contribution in [0.5, 0.6) is 0 Å². The van der Waals surface area contributed by atoms with Crippen molar-refractivity contribution in [1.82, 2.24) is 0 Å². The zero-order valence-corrected chi connectivity index (χ0v) is 12.9. The molecule has 2 N–H and O–H groups in total. The molecule has 0 bridgehead atoms. The monoisotopic (exact) mass is 299 g/mol. The Morgan fingerprint density at radius 3 is 2.65 bits per heavy atom. The van der Waals surface area contributed by atoms with Crippen LogP contribution in [0.15, 0.2) is 18.2 Å². The van der Waals surface area contributed by atoms with Gasteiger partial charge in [-0.3, -0.25) is 0 Å². The van der Waals surface area contributed by atoms with Crippen molar-refractivity contribution in [2.45, 2.75) is 51.2 Å². The van der Waals surface area contributed by atoms with Gasteiger partial charge in [-0.25, -0.2) is 4.39 Å². The molecule has 0 aliphatic heterocycles. The van der Waals surface area contributed by atoms with Crippen LogP contribution < -0.4 is 5.73 Å². The molecule has 20 heavy (non-hydrogen) atoms. The molecule has 112 valence electrons. The van der Waals surface area contributed by atoms with E-state index < -0.39 is 11.6 Å².